The van der Waals surface area contributed by atoms with Crippen molar-refractivity contribution in [2.45, 2.75) is 17.8 Å². The van der Waals surface area contributed by atoms with Crippen LogP contribution in [-0.2, 0) is 16.3 Å². The standard InChI is InChI=1S/C15H18ClN3O2S2/c16-12-8-23(20,21)9-14(12)19-15(22)17-6-5-10-7-18-13-4-2-1-3-11(10)13/h1-4,7,12,14,18H,5-6,8-9H2,(H2,17,19,22)/t12-,14+/m0/s1. The van der Waals surface area contributed by atoms with Crippen LogP contribution in [0.3, 0.4) is 0 Å². The van der Waals surface area contributed by atoms with Crippen molar-refractivity contribution in [1.29, 1.82) is 0 Å². The Morgan fingerprint density at radius 2 is 2.13 bits per heavy atom. The summed E-state index contributed by atoms with van der Waals surface area (Å²) in [6, 6.07) is 7.81. The SMILES string of the molecule is O=S1(=O)C[C@H](Cl)[C@H](NC(=S)NCCc2c[nH]c3ccccc23)C1. The minimum Gasteiger partial charge on any atom is -0.362 e. The summed E-state index contributed by atoms with van der Waals surface area (Å²) in [5, 5.41) is 7.33. The highest BCUT2D eigenvalue weighted by Crippen LogP contribution is 2.18. The molecule has 3 N–H and O–H groups in total. The summed E-state index contributed by atoms with van der Waals surface area (Å²) in [5.41, 5.74) is 2.33. The molecule has 0 aliphatic carbocycles. The average Bonchev–Trinajstić information content (AvgIpc) is 3.00. The number of benzene rings is 1. The molecule has 2 atom stereocenters. The molecule has 8 heteroatoms. The quantitative estimate of drug-likeness (QED) is 0.562. The van der Waals surface area contributed by atoms with Gasteiger partial charge in [0.25, 0.3) is 0 Å². The van der Waals surface area contributed by atoms with Gasteiger partial charge in [-0.05, 0) is 30.3 Å². The molecule has 1 aliphatic heterocycles. The van der Waals surface area contributed by atoms with Gasteiger partial charge >= 0.3 is 0 Å². The van der Waals surface area contributed by atoms with Gasteiger partial charge in [-0.25, -0.2) is 8.42 Å². The van der Waals surface area contributed by atoms with E-state index in [4.69, 9.17) is 23.8 Å². The van der Waals surface area contributed by atoms with Gasteiger partial charge in [0, 0.05) is 23.6 Å². The number of thiocarbonyl (C=S) groups is 1. The first kappa shape index (κ1) is 16.5. The Kier molecular flexibility index (Phi) is 4.79. The number of hydrogen-bond acceptors (Lipinski definition) is 3. The zero-order valence-electron chi connectivity index (χ0n) is 12.4. The van der Waals surface area contributed by atoms with E-state index in [2.05, 4.69) is 21.7 Å². The van der Waals surface area contributed by atoms with Crippen LogP contribution < -0.4 is 10.6 Å². The highest BCUT2D eigenvalue weighted by Gasteiger charge is 2.36. The first-order valence-corrected chi connectivity index (χ1v) is 10.0. The van der Waals surface area contributed by atoms with Crippen molar-refractivity contribution in [1.82, 2.24) is 15.6 Å². The van der Waals surface area contributed by atoms with Gasteiger partial charge in [0.15, 0.2) is 14.9 Å². The zero-order chi connectivity index (χ0) is 16.4. The van der Waals surface area contributed by atoms with Crippen LogP contribution in [0.15, 0.2) is 30.5 Å². The highest BCUT2D eigenvalue weighted by atomic mass is 35.5. The predicted molar refractivity (Wildman–Crippen MR) is 97.8 cm³/mol. The molecule has 0 amide bonds. The number of nitrogens with one attached hydrogen (secondary N) is 3. The summed E-state index contributed by atoms with van der Waals surface area (Å²) >= 11 is 11.3. The van der Waals surface area contributed by atoms with Gasteiger partial charge in [0.2, 0.25) is 0 Å². The third-order valence-electron chi connectivity index (χ3n) is 3.95. The fraction of sp³-hybridized carbons (Fsp3) is 0.400. The zero-order valence-corrected chi connectivity index (χ0v) is 14.8. The number of sulfone groups is 1. The number of aromatic nitrogens is 1. The maximum atomic E-state index is 11.5. The topological polar surface area (TPSA) is 74.0 Å². The second kappa shape index (κ2) is 6.67. The van der Waals surface area contributed by atoms with Crippen LogP contribution in [-0.4, -0.2) is 48.0 Å². The Balaban J connectivity index is 1.50. The maximum Gasteiger partial charge on any atom is 0.166 e. The van der Waals surface area contributed by atoms with Gasteiger partial charge in [-0.2, -0.15) is 0 Å². The number of rotatable bonds is 4. The number of halogens is 1. The Morgan fingerprint density at radius 1 is 1.35 bits per heavy atom. The molecule has 0 radical (unpaired) electrons. The third kappa shape index (κ3) is 3.97. The van der Waals surface area contributed by atoms with E-state index >= 15 is 0 Å². The molecule has 1 fully saturated rings. The maximum absolute atomic E-state index is 11.5. The Morgan fingerprint density at radius 3 is 2.87 bits per heavy atom. The van der Waals surface area contributed by atoms with Gasteiger partial charge in [0.05, 0.1) is 22.9 Å². The molecule has 1 aromatic heterocycles. The van der Waals surface area contributed by atoms with Crippen LogP contribution in [0.1, 0.15) is 5.56 Å². The predicted octanol–water partition coefficient (Wildman–Crippen LogP) is 1.58. The number of alkyl halides is 1. The molecule has 0 bridgehead atoms. The summed E-state index contributed by atoms with van der Waals surface area (Å²) in [4.78, 5) is 3.24. The van der Waals surface area contributed by atoms with Crippen molar-refractivity contribution in [3.8, 4) is 0 Å². The van der Waals surface area contributed by atoms with Crippen LogP contribution in [0, 0.1) is 0 Å². The first-order chi connectivity index (χ1) is 10.9. The van der Waals surface area contributed by atoms with Gasteiger partial charge in [-0.1, -0.05) is 18.2 Å². The Hall–Kier alpha value is -1.31. The van der Waals surface area contributed by atoms with Crippen LogP contribution in [0.5, 0.6) is 0 Å². The molecule has 1 aromatic carbocycles. The van der Waals surface area contributed by atoms with Gasteiger partial charge < -0.3 is 15.6 Å². The Labute approximate surface area is 145 Å². The molecule has 0 unspecified atom stereocenters. The van der Waals surface area contributed by atoms with E-state index in [1.807, 2.05) is 24.4 Å². The summed E-state index contributed by atoms with van der Waals surface area (Å²) in [5.74, 6) is 0.0373. The third-order valence-corrected chi connectivity index (χ3v) is 6.59. The monoisotopic (exact) mass is 371 g/mol. The minimum absolute atomic E-state index is 0.00414. The largest absolute Gasteiger partial charge is 0.362 e. The number of aromatic amines is 1. The van der Waals surface area contributed by atoms with Crippen molar-refractivity contribution in [3.63, 3.8) is 0 Å². The molecule has 2 aromatic rings. The fourth-order valence-corrected chi connectivity index (χ4v) is 5.61. The van der Waals surface area contributed by atoms with Crippen molar-refractivity contribution in [2.75, 3.05) is 18.1 Å². The lowest BCUT2D eigenvalue weighted by Gasteiger charge is -2.17. The molecular weight excluding hydrogens is 354 g/mol. The molecule has 1 saturated heterocycles. The summed E-state index contributed by atoms with van der Waals surface area (Å²) < 4.78 is 23.1. The number of hydrogen-bond donors (Lipinski definition) is 3. The summed E-state index contributed by atoms with van der Waals surface area (Å²) in [7, 11) is -3.06. The molecule has 0 spiro atoms. The van der Waals surface area contributed by atoms with E-state index in [0.717, 1.165) is 11.9 Å². The molecular formula is C15H18ClN3O2S2. The number of fused-ring (bicyclic) bond motifs is 1. The van der Waals surface area contributed by atoms with Crippen molar-refractivity contribution >= 4 is 49.7 Å². The van der Waals surface area contributed by atoms with E-state index in [0.29, 0.717) is 11.7 Å². The van der Waals surface area contributed by atoms with E-state index in [9.17, 15) is 8.42 Å². The molecule has 3 rings (SSSR count). The van der Waals surface area contributed by atoms with Crippen molar-refractivity contribution < 1.29 is 8.42 Å². The normalized spacial score (nSPS) is 23.0. The number of para-hydroxylation sites is 1. The van der Waals surface area contributed by atoms with Gasteiger partial charge in [-0.15, -0.1) is 11.6 Å². The van der Waals surface area contributed by atoms with E-state index in [1.54, 1.807) is 0 Å². The van der Waals surface area contributed by atoms with Crippen molar-refractivity contribution in [3.05, 3.63) is 36.0 Å². The molecule has 23 heavy (non-hydrogen) atoms. The summed E-state index contributed by atoms with van der Waals surface area (Å²) in [6.07, 6.45) is 2.82. The van der Waals surface area contributed by atoms with Crippen LogP contribution in [0.4, 0.5) is 0 Å². The Bertz CT molecular complexity index is 819. The molecule has 0 saturated carbocycles. The smallest absolute Gasteiger partial charge is 0.166 e. The summed E-state index contributed by atoms with van der Waals surface area (Å²) in [6.45, 7) is 0.667. The molecule has 124 valence electrons. The lowest BCUT2D eigenvalue weighted by Crippen LogP contribution is -2.46. The van der Waals surface area contributed by atoms with E-state index in [-0.39, 0.29) is 17.5 Å². The highest BCUT2D eigenvalue weighted by molar-refractivity contribution is 7.91. The lowest BCUT2D eigenvalue weighted by molar-refractivity contribution is 0.600. The second-order valence-electron chi connectivity index (χ2n) is 5.71. The van der Waals surface area contributed by atoms with E-state index < -0.39 is 15.2 Å². The van der Waals surface area contributed by atoms with E-state index in [1.165, 1.54) is 10.9 Å². The van der Waals surface area contributed by atoms with Gasteiger partial charge in [0.1, 0.15) is 0 Å². The van der Waals surface area contributed by atoms with Crippen molar-refractivity contribution in [2.24, 2.45) is 0 Å². The van der Waals surface area contributed by atoms with Crippen LogP contribution in [0.2, 0.25) is 0 Å². The molecule has 1 aliphatic rings. The fourth-order valence-electron chi connectivity index (χ4n) is 2.81. The second-order valence-corrected chi connectivity index (χ2v) is 8.83. The minimum atomic E-state index is -3.06. The van der Waals surface area contributed by atoms with Crippen LogP contribution in [0.25, 0.3) is 10.9 Å². The van der Waals surface area contributed by atoms with Gasteiger partial charge in [-0.3, -0.25) is 0 Å². The molecule has 5 nitrogen and oxygen atoms in total. The first-order valence-electron chi connectivity index (χ1n) is 7.38. The number of H-pyrrole nitrogens is 1. The van der Waals surface area contributed by atoms with Crippen LogP contribution >= 0.6 is 23.8 Å². The average molecular weight is 372 g/mol. The molecule has 2 heterocycles. The lowest BCUT2D eigenvalue weighted by atomic mass is 10.1.